The molecule has 0 amide bonds. The van der Waals surface area contributed by atoms with Crippen molar-refractivity contribution in [3.8, 4) is 0 Å². The second-order valence-electron chi connectivity index (χ2n) is 4.01. The minimum atomic E-state index is -0.418. The third kappa shape index (κ3) is 5.52. The normalized spacial score (nSPS) is 10.2. The first-order chi connectivity index (χ1) is 9.17. The first-order valence-corrected chi connectivity index (χ1v) is 6.30. The Morgan fingerprint density at radius 3 is 2.58 bits per heavy atom. The molecule has 0 aliphatic carbocycles. The van der Waals surface area contributed by atoms with E-state index in [2.05, 4.69) is 15.6 Å². The van der Waals surface area contributed by atoms with Crippen molar-refractivity contribution >= 4 is 17.3 Å². The van der Waals surface area contributed by atoms with Crippen LogP contribution in [0.25, 0.3) is 0 Å². The van der Waals surface area contributed by atoms with Crippen molar-refractivity contribution < 1.29 is 9.66 Å². The summed E-state index contributed by atoms with van der Waals surface area (Å²) in [6.45, 7) is 4.01. The molecule has 19 heavy (non-hydrogen) atoms. The second-order valence-corrected chi connectivity index (χ2v) is 4.01. The van der Waals surface area contributed by atoms with Crippen LogP contribution in [0.4, 0.5) is 17.3 Å². The van der Waals surface area contributed by atoms with Crippen molar-refractivity contribution in [3.05, 3.63) is 22.2 Å². The molecule has 0 atom stereocenters. The number of unbranched alkanes of at least 4 members (excludes halogenated alkanes) is 1. The van der Waals surface area contributed by atoms with E-state index in [-0.39, 0.29) is 5.69 Å². The maximum atomic E-state index is 10.8. The van der Waals surface area contributed by atoms with Crippen molar-refractivity contribution in [2.75, 3.05) is 37.4 Å². The average Bonchev–Trinajstić information content (AvgIpc) is 2.38. The fourth-order valence-corrected chi connectivity index (χ4v) is 1.57. The molecule has 1 heterocycles. The number of ether oxygens (including phenoxy) is 1. The quantitative estimate of drug-likeness (QED) is 0.405. The molecule has 1 aromatic heterocycles. The lowest BCUT2D eigenvalue weighted by atomic mass is 10.3. The molecule has 0 radical (unpaired) electrons. The van der Waals surface area contributed by atoms with Gasteiger partial charge in [0.25, 0.3) is 5.69 Å². The number of hydrogen-bond acceptors (Lipinski definition) is 6. The number of nitro groups is 1. The Bertz CT molecular complexity index is 412. The monoisotopic (exact) mass is 268 g/mol. The van der Waals surface area contributed by atoms with E-state index >= 15 is 0 Å². The first kappa shape index (κ1) is 15.2. The Morgan fingerprint density at radius 2 is 2.00 bits per heavy atom. The SMILES string of the molecule is CCNc1cc([N+](=O)[O-])cc(NCCCCOC)n1. The maximum absolute atomic E-state index is 10.8. The number of aromatic nitrogens is 1. The predicted octanol–water partition coefficient (Wildman–Crippen LogP) is 2.26. The average molecular weight is 268 g/mol. The Morgan fingerprint density at radius 1 is 1.32 bits per heavy atom. The van der Waals surface area contributed by atoms with Gasteiger partial charge in [-0.2, -0.15) is 0 Å². The molecule has 0 saturated heterocycles. The van der Waals surface area contributed by atoms with Gasteiger partial charge in [-0.15, -0.1) is 0 Å². The summed E-state index contributed by atoms with van der Waals surface area (Å²) in [7, 11) is 1.66. The van der Waals surface area contributed by atoms with E-state index in [4.69, 9.17) is 4.74 Å². The summed E-state index contributed by atoms with van der Waals surface area (Å²) < 4.78 is 4.95. The van der Waals surface area contributed by atoms with Gasteiger partial charge < -0.3 is 15.4 Å². The summed E-state index contributed by atoms with van der Waals surface area (Å²) >= 11 is 0. The van der Waals surface area contributed by atoms with E-state index in [1.54, 1.807) is 7.11 Å². The molecule has 0 saturated carbocycles. The highest BCUT2D eigenvalue weighted by molar-refractivity contribution is 5.54. The zero-order valence-electron chi connectivity index (χ0n) is 11.3. The van der Waals surface area contributed by atoms with Crippen molar-refractivity contribution in [2.45, 2.75) is 19.8 Å². The molecule has 1 rings (SSSR count). The van der Waals surface area contributed by atoms with E-state index in [0.29, 0.717) is 31.3 Å². The van der Waals surface area contributed by atoms with Crippen LogP contribution in [0.1, 0.15) is 19.8 Å². The summed E-state index contributed by atoms with van der Waals surface area (Å²) in [5.74, 6) is 1.03. The molecule has 7 nitrogen and oxygen atoms in total. The molecular weight excluding hydrogens is 248 g/mol. The summed E-state index contributed by atoms with van der Waals surface area (Å²) in [5, 5.41) is 16.9. The zero-order valence-corrected chi connectivity index (χ0v) is 11.3. The largest absolute Gasteiger partial charge is 0.385 e. The van der Waals surface area contributed by atoms with Gasteiger partial charge in [0.2, 0.25) is 0 Å². The first-order valence-electron chi connectivity index (χ1n) is 6.30. The van der Waals surface area contributed by atoms with Crippen molar-refractivity contribution in [1.29, 1.82) is 0 Å². The van der Waals surface area contributed by atoms with E-state index < -0.39 is 4.92 Å². The second kappa shape index (κ2) is 8.25. The zero-order chi connectivity index (χ0) is 14.1. The molecule has 0 aliphatic rings. The fourth-order valence-electron chi connectivity index (χ4n) is 1.57. The topological polar surface area (TPSA) is 89.3 Å². The lowest BCUT2D eigenvalue weighted by molar-refractivity contribution is -0.384. The molecule has 0 bridgehead atoms. The molecule has 106 valence electrons. The van der Waals surface area contributed by atoms with Gasteiger partial charge in [-0.1, -0.05) is 0 Å². The van der Waals surface area contributed by atoms with Crippen molar-refractivity contribution in [3.63, 3.8) is 0 Å². The minimum Gasteiger partial charge on any atom is -0.385 e. The van der Waals surface area contributed by atoms with Crippen LogP contribution < -0.4 is 10.6 Å². The Balaban J connectivity index is 2.62. The molecule has 2 N–H and O–H groups in total. The Hall–Kier alpha value is -1.89. The molecule has 0 spiro atoms. The van der Waals surface area contributed by atoms with Gasteiger partial charge in [0, 0.05) is 26.8 Å². The van der Waals surface area contributed by atoms with Crippen LogP contribution in [-0.4, -0.2) is 36.7 Å². The van der Waals surface area contributed by atoms with Gasteiger partial charge in [-0.25, -0.2) is 4.98 Å². The van der Waals surface area contributed by atoms with Gasteiger partial charge >= 0.3 is 0 Å². The van der Waals surface area contributed by atoms with Crippen molar-refractivity contribution in [2.24, 2.45) is 0 Å². The maximum Gasteiger partial charge on any atom is 0.276 e. The van der Waals surface area contributed by atoms with Gasteiger partial charge in [-0.3, -0.25) is 10.1 Å². The van der Waals surface area contributed by atoms with E-state index in [1.165, 1.54) is 12.1 Å². The van der Waals surface area contributed by atoms with Crippen LogP contribution in [0, 0.1) is 10.1 Å². The van der Waals surface area contributed by atoms with E-state index in [0.717, 1.165) is 12.8 Å². The van der Waals surface area contributed by atoms with Crippen LogP contribution in [0.15, 0.2) is 12.1 Å². The van der Waals surface area contributed by atoms with Gasteiger partial charge in [0.05, 0.1) is 17.1 Å². The highest BCUT2D eigenvalue weighted by Gasteiger charge is 2.10. The molecule has 0 unspecified atom stereocenters. The van der Waals surface area contributed by atoms with E-state index in [9.17, 15) is 10.1 Å². The summed E-state index contributed by atoms with van der Waals surface area (Å²) in [6.07, 6.45) is 1.87. The number of nitrogens with zero attached hydrogens (tertiary/aromatic N) is 2. The van der Waals surface area contributed by atoms with Crippen LogP contribution in [-0.2, 0) is 4.74 Å². The Labute approximate surface area is 112 Å². The Kier molecular flexibility index (Phi) is 6.59. The fraction of sp³-hybridized carbons (Fsp3) is 0.583. The lowest BCUT2D eigenvalue weighted by Gasteiger charge is -2.08. The molecule has 0 fully saturated rings. The van der Waals surface area contributed by atoms with Crippen LogP contribution in [0.2, 0.25) is 0 Å². The third-order valence-electron chi connectivity index (χ3n) is 2.46. The molecule has 1 aromatic rings. The number of pyridine rings is 1. The molecular formula is C12H20N4O3. The standard InChI is InChI=1S/C12H20N4O3/c1-3-13-11-8-10(16(17)18)9-12(15-11)14-6-4-5-7-19-2/h8-9H,3-7H2,1-2H3,(H2,13,14,15). The molecule has 7 heteroatoms. The third-order valence-corrected chi connectivity index (χ3v) is 2.46. The number of methoxy groups -OCH3 is 1. The summed E-state index contributed by atoms with van der Waals surface area (Å²) in [5.41, 5.74) is 0.0327. The van der Waals surface area contributed by atoms with Gasteiger partial charge in [0.1, 0.15) is 11.6 Å². The number of anilines is 2. The van der Waals surface area contributed by atoms with Crippen LogP contribution in [0.3, 0.4) is 0 Å². The highest BCUT2D eigenvalue weighted by atomic mass is 16.6. The molecule has 0 aromatic carbocycles. The van der Waals surface area contributed by atoms with Gasteiger partial charge in [-0.05, 0) is 19.8 Å². The number of hydrogen-bond donors (Lipinski definition) is 2. The minimum absolute atomic E-state index is 0.0327. The summed E-state index contributed by atoms with van der Waals surface area (Å²) in [4.78, 5) is 14.7. The van der Waals surface area contributed by atoms with Crippen molar-refractivity contribution in [1.82, 2.24) is 4.98 Å². The van der Waals surface area contributed by atoms with Gasteiger partial charge in [0.15, 0.2) is 0 Å². The van der Waals surface area contributed by atoms with E-state index in [1.807, 2.05) is 6.92 Å². The number of nitrogens with one attached hydrogen (secondary N) is 2. The number of rotatable bonds is 9. The smallest absolute Gasteiger partial charge is 0.276 e. The highest BCUT2D eigenvalue weighted by Crippen LogP contribution is 2.20. The lowest BCUT2D eigenvalue weighted by Crippen LogP contribution is -2.07. The summed E-state index contributed by atoms with van der Waals surface area (Å²) in [6, 6.07) is 2.87. The predicted molar refractivity (Wildman–Crippen MR) is 74.7 cm³/mol. The van der Waals surface area contributed by atoms with Crippen LogP contribution >= 0.6 is 0 Å². The molecule has 0 aliphatic heterocycles. The van der Waals surface area contributed by atoms with Crippen LogP contribution in [0.5, 0.6) is 0 Å².